The number of nitrogen functional groups attached to an aromatic ring is 1. The molecule has 2 N–H and O–H groups in total. The molecule has 4 nitrogen and oxygen atoms in total. The Labute approximate surface area is 128 Å². The molecule has 0 fully saturated rings. The quantitative estimate of drug-likeness (QED) is 0.884. The van der Waals surface area contributed by atoms with Crippen molar-refractivity contribution in [2.45, 2.75) is 17.9 Å². The van der Waals surface area contributed by atoms with Crippen molar-refractivity contribution >= 4 is 23.5 Å². The summed E-state index contributed by atoms with van der Waals surface area (Å²) in [5.41, 5.74) is 8.17. The Hall–Kier alpha value is -2.01. The second-order valence-corrected chi connectivity index (χ2v) is 6.09. The van der Waals surface area contributed by atoms with Gasteiger partial charge in [0.15, 0.2) is 0 Å². The molecule has 1 aromatic carbocycles. The van der Waals surface area contributed by atoms with Gasteiger partial charge in [-0.05, 0) is 29.7 Å². The molecule has 0 aliphatic carbocycles. The minimum atomic E-state index is 0.173. The van der Waals surface area contributed by atoms with E-state index in [2.05, 4.69) is 23.2 Å². The van der Waals surface area contributed by atoms with Crippen molar-refractivity contribution in [1.82, 2.24) is 9.88 Å². The zero-order valence-electron chi connectivity index (χ0n) is 11.7. The maximum Gasteiger partial charge on any atom is 0.233 e. The number of amides is 1. The van der Waals surface area contributed by atoms with Crippen LogP contribution < -0.4 is 5.73 Å². The molecular formula is C16H17N3OS. The van der Waals surface area contributed by atoms with Gasteiger partial charge in [-0.15, -0.1) is 11.8 Å². The third-order valence-corrected chi connectivity index (χ3v) is 4.57. The Kier molecular flexibility index (Phi) is 4.10. The van der Waals surface area contributed by atoms with E-state index in [1.807, 2.05) is 17.0 Å². The second-order valence-electron chi connectivity index (χ2n) is 5.04. The number of nitrogens with zero attached hydrogens (tertiary/aromatic N) is 2. The largest absolute Gasteiger partial charge is 0.384 e. The summed E-state index contributed by atoms with van der Waals surface area (Å²) in [7, 11) is 0. The SMILES string of the molecule is Nc1ccc(SCC(=O)N2CCc3ccccc3C2)cn1. The average molecular weight is 299 g/mol. The molecule has 0 saturated carbocycles. The van der Waals surface area contributed by atoms with Crippen LogP contribution >= 0.6 is 11.8 Å². The summed E-state index contributed by atoms with van der Waals surface area (Å²) in [5.74, 6) is 1.11. The number of aromatic nitrogens is 1. The van der Waals surface area contributed by atoms with Crippen LogP contribution in [0.2, 0.25) is 0 Å². The number of rotatable bonds is 3. The van der Waals surface area contributed by atoms with Crippen molar-refractivity contribution in [3.8, 4) is 0 Å². The second kappa shape index (κ2) is 6.18. The molecule has 0 spiro atoms. The summed E-state index contributed by atoms with van der Waals surface area (Å²) in [5, 5.41) is 0. The molecule has 1 aromatic heterocycles. The van der Waals surface area contributed by atoms with Crippen LogP contribution in [0.4, 0.5) is 5.82 Å². The predicted molar refractivity (Wildman–Crippen MR) is 84.9 cm³/mol. The van der Waals surface area contributed by atoms with E-state index >= 15 is 0 Å². The van der Waals surface area contributed by atoms with Crippen molar-refractivity contribution in [3.05, 3.63) is 53.7 Å². The van der Waals surface area contributed by atoms with Crippen molar-refractivity contribution in [1.29, 1.82) is 0 Å². The van der Waals surface area contributed by atoms with Crippen LogP contribution in [0, 0.1) is 0 Å². The Morgan fingerprint density at radius 3 is 2.81 bits per heavy atom. The molecule has 2 heterocycles. The fourth-order valence-electron chi connectivity index (χ4n) is 2.42. The number of carbonyl (C=O) groups excluding carboxylic acids is 1. The molecule has 0 atom stereocenters. The van der Waals surface area contributed by atoms with Crippen LogP contribution in [0.5, 0.6) is 0 Å². The maximum absolute atomic E-state index is 12.3. The highest BCUT2D eigenvalue weighted by molar-refractivity contribution is 8.00. The third-order valence-electron chi connectivity index (χ3n) is 3.60. The van der Waals surface area contributed by atoms with Gasteiger partial charge in [-0.2, -0.15) is 0 Å². The van der Waals surface area contributed by atoms with Gasteiger partial charge in [-0.25, -0.2) is 4.98 Å². The van der Waals surface area contributed by atoms with Gasteiger partial charge in [0.2, 0.25) is 5.91 Å². The number of nitrogens with two attached hydrogens (primary N) is 1. The van der Waals surface area contributed by atoms with Gasteiger partial charge in [0.25, 0.3) is 0 Å². The Morgan fingerprint density at radius 2 is 2.05 bits per heavy atom. The van der Waals surface area contributed by atoms with Crippen LogP contribution in [-0.2, 0) is 17.8 Å². The fourth-order valence-corrected chi connectivity index (χ4v) is 3.19. The monoisotopic (exact) mass is 299 g/mol. The van der Waals surface area contributed by atoms with Crippen molar-refractivity contribution < 1.29 is 4.79 Å². The molecule has 3 rings (SSSR count). The summed E-state index contributed by atoms with van der Waals surface area (Å²) in [6.45, 7) is 1.52. The minimum Gasteiger partial charge on any atom is -0.384 e. The number of thioether (sulfide) groups is 1. The summed E-state index contributed by atoms with van der Waals surface area (Å²) in [6, 6.07) is 12.0. The van der Waals surface area contributed by atoms with Gasteiger partial charge in [0.05, 0.1) is 5.75 Å². The van der Waals surface area contributed by atoms with Gasteiger partial charge in [-0.3, -0.25) is 4.79 Å². The lowest BCUT2D eigenvalue weighted by Crippen LogP contribution is -2.37. The zero-order chi connectivity index (χ0) is 14.7. The molecule has 1 aliphatic heterocycles. The van der Waals surface area contributed by atoms with Crippen LogP contribution in [0.1, 0.15) is 11.1 Å². The average Bonchev–Trinajstić information content (AvgIpc) is 2.53. The molecule has 5 heteroatoms. The molecule has 0 saturated heterocycles. The lowest BCUT2D eigenvalue weighted by atomic mass is 10.00. The normalized spacial score (nSPS) is 13.8. The number of benzene rings is 1. The molecular weight excluding hydrogens is 282 g/mol. The van der Waals surface area contributed by atoms with Crippen LogP contribution in [0.25, 0.3) is 0 Å². The van der Waals surface area contributed by atoms with E-state index < -0.39 is 0 Å². The number of fused-ring (bicyclic) bond motifs is 1. The first-order valence-corrected chi connectivity index (χ1v) is 7.90. The highest BCUT2D eigenvalue weighted by Gasteiger charge is 2.20. The first-order valence-electron chi connectivity index (χ1n) is 6.91. The molecule has 0 bridgehead atoms. The number of anilines is 1. The molecule has 1 amide bonds. The Bertz CT molecular complexity index is 642. The molecule has 108 valence electrons. The minimum absolute atomic E-state index is 0.173. The van der Waals surface area contributed by atoms with E-state index in [1.54, 1.807) is 12.3 Å². The summed E-state index contributed by atoms with van der Waals surface area (Å²) < 4.78 is 0. The summed E-state index contributed by atoms with van der Waals surface area (Å²) >= 11 is 1.50. The number of hydrogen-bond donors (Lipinski definition) is 1. The van der Waals surface area contributed by atoms with E-state index in [0.717, 1.165) is 24.4 Å². The van der Waals surface area contributed by atoms with Crippen molar-refractivity contribution in [3.63, 3.8) is 0 Å². The van der Waals surface area contributed by atoms with Crippen molar-refractivity contribution in [2.24, 2.45) is 0 Å². The Morgan fingerprint density at radius 1 is 1.24 bits per heavy atom. The highest BCUT2D eigenvalue weighted by atomic mass is 32.2. The van der Waals surface area contributed by atoms with Crippen LogP contribution in [0.15, 0.2) is 47.5 Å². The van der Waals surface area contributed by atoms with E-state index in [1.165, 1.54) is 22.9 Å². The van der Waals surface area contributed by atoms with Gasteiger partial charge >= 0.3 is 0 Å². The Balaban J connectivity index is 1.58. The van der Waals surface area contributed by atoms with Crippen LogP contribution in [0.3, 0.4) is 0 Å². The molecule has 0 radical (unpaired) electrons. The number of hydrogen-bond acceptors (Lipinski definition) is 4. The summed E-state index contributed by atoms with van der Waals surface area (Å²) in [6.07, 6.45) is 2.65. The smallest absolute Gasteiger partial charge is 0.233 e. The predicted octanol–water partition coefficient (Wildman–Crippen LogP) is 2.34. The number of carbonyl (C=O) groups is 1. The third kappa shape index (κ3) is 3.36. The fraction of sp³-hybridized carbons (Fsp3) is 0.250. The topological polar surface area (TPSA) is 59.2 Å². The number of pyridine rings is 1. The van der Waals surface area contributed by atoms with Gasteiger partial charge < -0.3 is 10.6 Å². The summed E-state index contributed by atoms with van der Waals surface area (Å²) in [4.78, 5) is 19.2. The molecule has 2 aromatic rings. The van der Waals surface area contributed by atoms with Gasteiger partial charge in [0, 0.05) is 24.2 Å². The first-order chi connectivity index (χ1) is 10.2. The van der Waals surface area contributed by atoms with Crippen molar-refractivity contribution in [2.75, 3.05) is 18.0 Å². The van der Waals surface area contributed by atoms with E-state index in [4.69, 9.17) is 5.73 Å². The van der Waals surface area contributed by atoms with Crippen LogP contribution in [-0.4, -0.2) is 28.1 Å². The molecule has 1 aliphatic rings. The lowest BCUT2D eigenvalue weighted by molar-refractivity contribution is -0.129. The van der Waals surface area contributed by atoms with E-state index in [9.17, 15) is 4.79 Å². The van der Waals surface area contributed by atoms with Gasteiger partial charge in [0.1, 0.15) is 5.82 Å². The maximum atomic E-state index is 12.3. The zero-order valence-corrected chi connectivity index (χ0v) is 12.5. The standard InChI is InChI=1S/C16H17N3OS/c17-15-6-5-14(9-18-15)21-11-16(20)19-8-7-12-3-1-2-4-13(12)10-19/h1-6,9H,7-8,10-11H2,(H2,17,18). The molecule has 0 unspecified atom stereocenters. The first kappa shape index (κ1) is 13.9. The van der Waals surface area contributed by atoms with Gasteiger partial charge in [-0.1, -0.05) is 24.3 Å². The lowest BCUT2D eigenvalue weighted by Gasteiger charge is -2.28. The van der Waals surface area contributed by atoms with E-state index in [-0.39, 0.29) is 5.91 Å². The molecule has 21 heavy (non-hydrogen) atoms. The highest BCUT2D eigenvalue weighted by Crippen LogP contribution is 2.22. The van der Waals surface area contributed by atoms with E-state index in [0.29, 0.717) is 11.6 Å².